The molecule has 0 saturated heterocycles. The molecule has 0 unspecified atom stereocenters. The third kappa shape index (κ3) is 7.64. The predicted molar refractivity (Wildman–Crippen MR) is 57.3 cm³/mol. The minimum atomic E-state index is -2.33. The number of halogens is 2. The van der Waals surface area contributed by atoms with Crippen LogP contribution in [-0.4, -0.2) is 67.2 Å². The summed E-state index contributed by atoms with van der Waals surface area (Å²) in [5, 5.41) is 8.73. The van der Waals surface area contributed by atoms with Gasteiger partial charge >= 0.3 is 0 Å². The van der Waals surface area contributed by atoms with Gasteiger partial charge in [0.15, 0.2) is 0 Å². The van der Waals surface area contributed by atoms with Crippen molar-refractivity contribution in [3.63, 3.8) is 0 Å². The van der Waals surface area contributed by atoms with E-state index in [1.54, 1.807) is 4.90 Å². The fraction of sp³-hybridized carbons (Fsp3) is 1.00. The maximum absolute atomic E-state index is 12.2. The van der Waals surface area contributed by atoms with E-state index in [2.05, 4.69) is 4.90 Å². The first-order chi connectivity index (χ1) is 7.13. The molecule has 0 aromatic heterocycles. The number of aliphatic hydroxyl groups is 1. The molecular weight excluding hydrogens is 202 g/mol. The molecule has 0 aliphatic heterocycles. The normalized spacial score (nSPS) is 12.0. The highest BCUT2D eigenvalue weighted by atomic mass is 19.3. The molecule has 3 nitrogen and oxygen atoms in total. The van der Waals surface area contributed by atoms with E-state index in [0.29, 0.717) is 13.1 Å². The van der Waals surface area contributed by atoms with E-state index in [1.807, 2.05) is 13.8 Å². The van der Waals surface area contributed by atoms with Gasteiger partial charge in [0, 0.05) is 19.6 Å². The molecule has 0 saturated carbocycles. The lowest BCUT2D eigenvalue weighted by molar-refractivity contribution is 0.0727. The second-order valence-corrected chi connectivity index (χ2v) is 3.44. The van der Waals surface area contributed by atoms with Crippen LogP contribution in [0.4, 0.5) is 8.78 Å². The SMILES string of the molecule is CCN(CC)CCN(CCO)CC(F)F. The van der Waals surface area contributed by atoms with E-state index >= 15 is 0 Å². The third-order valence-corrected chi connectivity index (χ3v) is 2.44. The Kier molecular flexibility index (Phi) is 8.85. The zero-order chi connectivity index (χ0) is 11.7. The first-order valence-corrected chi connectivity index (χ1v) is 5.47. The third-order valence-electron chi connectivity index (χ3n) is 2.44. The van der Waals surface area contributed by atoms with Crippen LogP contribution < -0.4 is 0 Å². The summed E-state index contributed by atoms with van der Waals surface area (Å²) in [7, 11) is 0. The zero-order valence-corrected chi connectivity index (χ0v) is 9.62. The molecular formula is C10H22F2N2O. The minimum Gasteiger partial charge on any atom is -0.395 e. The van der Waals surface area contributed by atoms with Gasteiger partial charge < -0.3 is 10.0 Å². The minimum absolute atomic E-state index is 0.0645. The number of alkyl halides is 2. The number of hydrogen-bond donors (Lipinski definition) is 1. The van der Waals surface area contributed by atoms with Crippen molar-refractivity contribution < 1.29 is 13.9 Å². The van der Waals surface area contributed by atoms with Crippen molar-refractivity contribution in [3.8, 4) is 0 Å². The van der Waals surface area contributed by atoms with Crippen LogP contribution in [0.2, 0.25) is 0 Å². The Hall–Kier alpha value is -0.260. The lowest BCUT2D eigenvalue weighted by Crippen LogP contribution is -2.38. The summed E-state index contributed by atoms with van der Waals surface area (Å²) in [5.74, 6) is 0. The number of hydrogen-bond acceptors (Lipinski definition) is 3. The number of rotatable bonds is 9. The van der Waals surface area contributed by atoms with Crippen molar-refractivity contribution in [2.75, 3.05) is 45.9 Å². The molecule has 0 heterocycles. The van der Waals surface area contributed by atoms with Gasteiger partial charge in [-0.15, -0.1) is 0 Å². The highest BCUT2D eigenvalue weighted by Crippen LogP contribution is 1.98. The maximum atomic E-state index is 12.2. The molecule has 0 radical (unpaired) electrons. The predicted octanol–water partition coefficient (Wildman–Crippen LogP) is 0.888. The molecule has 0 rings (SSSR count). The Bertz CT molecular complexity index is 143. The summed E-state index contributed by atoms with van der Waals surface area (Å²) in [6, 6.07) is 0. The van der Waals surface area contributed by atoms with Crippen molar-refractivity contribution in [1.82, 2.24) is 9.80 Å². The Balaban J connectivity index is 3.82. The van der Waals surface area contributed by atoms with Crippen molar-refractivity contribution in [2.45, 2.75) is 20.3 Å². The maximum Gasteiger partial charge on any atom is 0.251 e. The molecule has 0 amide bonds. The number of aliphatic hydroxyl groups excluding tert-OH is 1. The molecule has 0 bridgehead atoms. The Labute approximate surface area is 90.7 Å². The highest BCUT2D eigenvalue weighted by Gasteiger charge is 2.12. The molecule has 0 spiro atoms. The molecule has 1 N–H and O–H groups in total. The van der Waals surface area contributed by atoms with Gasteiger partial charge in [-0.2, -0.15) is 0 Å². The van der Waals surface area contributed by atoms with Gasteiger partial charge in [-0.25, -0.2) is 8.78 Å². The van der Waals surface area contributed by atoms with Gasteiger partial charge in [0.2, 0.25) is 0 Å². The number of nitrogens with zero attached hydrogens (tertiary/aromatic N) is 2. The summed E-state index contributed by atoms with van der Waals surface area (Å²) in [6.07, 6.45) is -2.33. The zero-order valence-electron chi connectivity index (χ0n) is 9.62. The van der Waals surface area contributed by atoms with Crippen molar-refractivity contribution in [3.05, 3.63) is 0 Å². The van der Waals surface area contributed by atoms with Gasteiger partial charge in [-0.3, -0.25) is 4.90 Å². The van der Waals surface area contributed by atoms with Gasteiger partial charge in [0.1, 0.15) is 0 Å². The van der Waals surface area contributed by atoms with E-state index < -0.39 is 6.43 Å². The van der Waals surface area contributed by atoms with Crippen LogP contribution in [0, 0.1) is 0 Å². The Morgan fingerprint density at radius 1 is 1.00 bits per heavy atom. The smallest absolute Gasteiger partial charge is 0.251 e. The fourth-order valence-electron chi connectivity index (χ4n) is 1.45. The molecule has 5 heteroatoms. The Morgan fingerprint density at radius 2 is 1.53 bits per heavy atom. The van der Waals surface area contributed by atoms with E-state index in [0.717, 1.165) is 19.6 Å². The van der Waals surface area contributed by atoms with Crippen molar-refractivity contribution >= 4 is 0 Å². The highest BCUT2D eigenvalue weighted by molar-refractivity contribution is 4.62. The van der Waals surface area contributed by atoms with E-state index in [9.17, 15) is 8.78 Å². The molecule has 0 atom stereocenters. The summed E-state index contributed by atoms with van der Waals surface area (Å²) < 4.78 is 24.3. The van der Waals surface area contributed by atoms with Crippen LogP contribution in [0.3, 0.4) is 0 Å². The molecule has 0 aliphatic rings. The molecule has 92 valence electrons. The lowest BCUT2D eigenvalue weighted by Gasteiger charge is -2.25. The quantitative estimate of drug-likeness (QED) is 0.630. The van der Waals surface area contributed by atoms with Crippen LogP contribution in [0.15, 0.2) is 0 Å². The van der Waals surface area contributed by atoms with Gasteiger partial charge in [0.25, 0.3) is 6.43 Å². The first kappa shape index (κ1) is 14.7. The van der Waals surface area contributed by atoms with Crippen LogP contribution >= 0.6 is 0 Å². The van der Waals surface area contributed by atoms with E-state index in [1.165, 1.54) is 0 Å². The second-order valence-electron chi connectivity index (χ2n) is 3.44. The molecule has 0 aliphatic carbocycles. The number of likely N-dealkylation sites (N-methyl/N-ethyl adjacent to an activating group) is 1. The topological polar surface area (TPSA) is 26.7 Å². The Morgan fingerprint density at radius 3 is 1.93 bits per heavy atom. The van der Waals surface area contributed by atoms with Crippen LogP contribution in [0.1, 0.15) is 13.8 Å². The second kappa shape index (κ2) is 9.00. The lowest BCUT2D eigenvalue weighted by atomic mass is 10.4. The van der Waals surface area contributed by atoms with E-state index in [-0.39, 0.29) is 13.2 Å². The molecule has 0 aromatic rings. The first-order valence-electron chi connectivity index (χ1n) is 5.47. The molecule has 15 heavy (non-hydrogen) atoms. The van der Waals surface area contributed by atoms with Crippen LogP contribution in [0.25, 0.3) is 0 Å². The van der Waals surface area contributed by atoms with Gasteiger partial charge in [-0.1, -0.05) is 13.8 Å². The summed E-state index contributed by atoms with van der Waals surface area (Å²) in [5.41, 5.74) is 0. The molecule has 0 fully saturated rings. The monoisotopic (exact) mass is 224 g/mol. The molecule has 0 aromatic carbocycles. The van der Waals surface area contributed by atoms with Crippen LogP contribution in [-0.2, 0) is 0 Å². The largest absolute Gasteiger partial charge is 0.395 e. The van der Waals surface area contributed by atoms with E-state index in [4.69, 9.17) is 5.11 Å². The summed E-state index contributed by atoms with van der Waals surface area (Å²) in [6.45, 7) is 7.33. The van der Waals surface area contributed by atoms with Gasteiger partial charge in [0.05, 0.1) is 13.2 Å². The average molecular weight is 224 g/mol. The fourth-order valence-corrected chi connectivity index (χ4v) is 1.45. The van der Waals surface area contributed by atoms with Crippen molar-refractivity contribution in [1.29, 1.82) is 0 Å². The summed E-state index contributed by atoms with van der Waals surface area (Å²) in [4.78, 5) is 3.78. The van der Waals surface area contributed by atoms with Crippen LogP contribution in [0.5, 0.6) is 0 Å². The van der Waals surface area contributed by atoms with Gasteiger partial charge in [-0.05, 0) is 13.1 Å². The summed E-state index contributed by atoms with van der Waals surface area (Å²) >= 11 is 0. The standard InChI is InChI=1S/C10H22F2N2O/c1-3-13(4-2)5-6-14(7-8-15)9-10(11)12/h10,15H,3-9H2,1-2H3. The van der Waals surface area contributed by atoms with Crippen molar-refractivity contribution in [2.24, 2.45) is 0 Å². The average Bonchev–Trinajstić information content (AvgIpc) is 2.18.